The van der Waals surface area contributed by atoms with Crippen LogP contribution in [0.25, 0.3) is 0 Å². The van der Waals surface area contributed by atoms with Gasteiger partial charge in [0, 0.05) is 13.1 Å². The summed E-state index contributed by atoms with van der Waals surface area (Å²) in [4.78, 5) is 11.4. The van der Waals surface area contributed by atoms with Crippen LogP contribution in [-0.4, -0.2) is 58.3 Å². The van der Waals surface area contributed by atoms with Gasteiger partial charge in [-0.1, -0.05) is 13.8 Å². The number of sulfone groups is 1. The van der Waals surface area contributed by atoms with Crippen molar-refractivity contribution in [3.8, 4) is 0 Å². The molecule has 1 heterocycles. The van der Waals surface area contributed by atoms with Crippen LogP contribution in [0.4, 0.5) is 0 Å². The summed E-state index contributed by atoms with van der Waals surface area (Å²) in [5.74, 6) is -0.492. The van der Waals surface area contributed by atoms with Crippen LogP contribution in [0, 0.1) is 5.92 Å². The van der Waals surface area contributed by atoms with Crippen LogP contribution in [0.1, 0.15) is 24.2 Å². The number of methoxy groups -OCH3 is 1. The van der Waals surface area contributed by atoms with E-state index < -0.39 is 31.1 Å². The van der Waals surface area contributed by atoms with Gasteiger partial charge in [-0.15, -0.1) is 0 Å². The maximum absolute atomic E-state index is 12.5. The number of carbonyl (C=O) groups is 1. The lowest BCUT2D eigenvalue weighted by Crippen LogP contribution is -2.57. The monoisotopic (exact) mass is 375 g/mol. The Morgan fingerprint density at radius 1 is 1.17 bits per heavy atom. The highest BCUT2D eigenvalue weighted by Gasteiger charge is 2.43. The van der Waals surface area contributed by atoms with Crippen molar-refractivity contribution in [1.29, 1.82) is 0 Å². The number of benzene rings is 1. The topological polar surface area (TPSA) is 97.8 Å². The van der Waals surface area contributed by atoms with E-state index in [2.05, 4.69) is 4.74 Å². The second-order valence-electron chi connectivity index (χ2n) is 6.18. The smallest absolute Gasteiger partial charge is 0.337 e. The second kappa shape index (κ2) is 6.81. The zero-order chi connectivity index (χ0) is 18.1. The summed E-state index contributed by atoms with van der Waals surface area (Å²) in [6, 6.07) is 5.37. The summed E-state index contributed by atoms with van der Waals surface area (Å²) in [6.07, 6.45) is 0. The highest BCUT2D eigenvalue weighted by atomic mass is 32.2. The maximum atomic E-state index is 12.5. The van der Waals surface area contributed by atoms with Gasteiger partial charge in [-0.3, -0.25) is 0 Å². The molecule has 1 aromatic rings. The Hall–Kier alpha value is -1.45. The summed E-state index contributed by atoms with van der Waals surface area (Å²) in [5.41, 5.74) is 0.248. The lowest BCUT2D eigenvalue weighted by molar-refractivity contribution is 0.0600. The van der Waals surface area contributed by atoms with Gasteiger partial charge in [0.25, 0.3) is 0 Å². The van der Waals surface area contributed by atoms with Gasteiger partial charge in [-0.05, 0) is 30.2 Å². The zero-order valence-corrected chi connectivity index (χ0v) is 15.4. The highest BCUT2D eigenvalue weighted by Crippen LogP contribution is 2.26. The fraction of sp³-hybridized carbons (Fsp3) is 0.533. The molecule has 0 aliphatic carbocycles. The molecule has 0 radical (unpaired) electrons. The molecule has 1 fully saturated rings. The molecule has 7 nitrogen and oxygen atoms in total. The summed E-state index contributed by atoms with van der Waals surface area (Å²) in [6.45, 7) is 3.56. The first-order valence-corrected chi connectivity index (χ1v) is 10.6. The molecule has 134 valence electrons. The number of rotatable bonds is 6. The predicted molar refractivity (Wildman–Crippen MR) is 89.0 cm³/mol. The molecule has 0 atom stereocenters. The molecule has 1 aliphatic rings. The summed E-state index contributed by atoms with van der Waals surface area (Å²) < 4.78 is 54.9. The normalized spacial score (nSPS) is 16.8. The van der Waals surface area contributed by atoms with Gasteiger partial charge in [-0.2, -0.15) is 4.31 Å². The Morgan fingerprint density at radius 2 is 1.71 bits per heavy atom. The van der Waals surface area contributed by atoms with Crippen molar-refractivity contribution in [2.75, 3.05) is 26.0 Å². The van der Waals surface area contributed by atoms with Crippen molar-refractivity contribution in [3.63, 3.8) is 0 Å². The van der Waals surface area contributed by atoms with Crippen molar-refractivity contribution in [1.82, 2.24) is 4.31 Å². The van der Waals surface area contributed by atoms with Gasteiger partial charge < -0.3 is 4.74 Å². The number of esters is 1. The van der Waals surface area contributed by atoms with Crippen molar-refractivity contribution >= 4 is 25.8 Å². The van der Waals surface area contributed by atoms with Crippen molar-refractivity contribution in [3.05, 3.63) is 29.8 Å². The minimum absolute atomic E-state index is 0.00604. The van der Waals surface area contributed by atoms with Crippen LogP contribution in [0.5, 0.6) is 0 Å². The molecule has 0 amide bonds. The third kappa shape index (κ3) is 3.79. The van der Waals surface area contributed by atoms with Gasteiger partial charge in [0.1, 0.15) is 0 Å². The molecule has 9 heteroatoms. The lowest BCUT2D eigenvalue weighted by atomic mass is 10.2. The van der Waals surface area contributed by atoms with Crippen LogP contribution in [0.3, 0.4) is 0 Å². The molecule has 0 spiro atoms. The Labute approximate surface area is 142 Å². The lowest BCUT2D eigenvalue weighted by Gasteiger charge is -2.37. The Kier molecular flexibility index (Phi) is 5.36. The highest BCUT2D eigenvalue weighted by molar-refractivity contribution is 7.92. The molecule has 0 aromatic heterocycles. The summed E-state index contributed by atoms with van der Waals surface area (Å²) in [5, 5.41) is -0.649. The van der Waals surface area contributed by atoms with E-state index in [-0.39, 0.29) is 35.2 Å². The van der Waals surface area contributed by atoms with Gasteiger partial charge in [0.05, 0.1) is 28.6 Å². The largest absolute Gasteiger partial charge is 0.465 e. The first kappa shape index (κ1) is 18.9. The standard InChI is InChI=1S/C15H21NO6S2/c1-11(2)10-23(18,19)14-8-16(9-14)24(20,21)13-6-4-12(5-7-13)15(17)22-3/h4-7,11,14H,8-10H2,1-3H3. The second-order valence-corrected chi connectivity index (χ2v) is 10.4. The van der Waals surface area contributed by atoms with Crippen LogP contribution in [-0.2, 0) is 24.6 Å². The number of carbonyl (C=O) groups excluding carboxylic acids is 1. The van der Waals surface area contributed by atoms with E-state index in [1.165, 1.54) is 31.4 Å². The fourth-order valence-electron chi connectivity index (χ4n) is 2.45. The van der Waals surface area contributed by atoms with Crippen molar-refractivity contribution in [2.45, 2.75) is 24.0 Å². The van der Waals surface area contributed by atoms with E-state index in [4.69, 9.17) is 0 Å². The number of nitrogens with zero attached hydrogens (tertiary/aromatic N) is 1. The van der Waals surface area contributed by atoms with Gasteiger partial charge in [-0.25, -0.2) is 21.6 Å². The molecule has 1 aliphatic heterocycles. The van der Waals surface area contributed by atoms with E-state index in [1.807, 2.05) is 13.8 Å². The third-order valence-corrected chi connectivity index (χ3v) is 8.09. The van der Waals surface area contributed by atoms with Gasteiger partial charge >= 0.3 is 5.97 Å². The number of hydrogen-bond donors (Lipinski definition) is 0. The van der Waals surface area contributed by atoms with Gasteiger partial charge in [0.2, 0.25) is 10.0 Å². The van der Waals surface area contributed by atoms with Crippen LogP contribution >= 0.6 is 0 Å². The molecule has 0 N–H and O–H groups in total. The van der Waals surface area contributed by atoms with E-state index >= 15 is 0 Å². The summed E-state index contributed by atoms with van der Waals surface area (Å²) >= 11 is 0. The Balaban J connectivity index is 2.09. The predicted octanol–water partition coefficient (Wildman–Crippen LogP) is 0.917. The number of ether oxygens (including phenoxy) is 1. The average molecular weight is 375 g/mol. The van der Waals surface area contributed by atoms with E-state index in [1.54, 1.807) is 0 Å². The minimum atomic E-state index is -3.76. The van der Waals surface area contributed by atoms with Crippen molar-refractivity contribution < 1.29 is 26.4 Å². The van der Waals surface area contributed by atoms with E-state index in [9.17, 15) is 21.6 Å². The Morgan fingerprint density at radius 3 is 2.17 bits per heavy atom. The zero-order valence-electron chi connectivity index (χ0n) is 13.8. The summed E-state index contributed by atoms with van der Waals surface area (Å²) in [7, 11) is -5.80. The SMILES string of the molecule is COC(=O)c1ccc(S(=O)(=O)N2CC(S(=O)(=O)CC(C)C)C2)cc1. The molecule has 24 heavy (non-hydrogen) atoms. The molecular formula is C15H21NO6S2. The van der Waals surface area contributed by atoms with Crippen LogP contribution in [0.15, 0.2) is 29.2 Å². The van der Waals surface area contributed by atoms with Crippen LogP contribution < -0.4 is 0 Å². The number of hydrogen-bond acceptors (Lipinski definition) is 6. The molecule has 2 rings (SSSR count). The first-order valence-electron chi connectivity index (χ1n) is 7.48. The quantitative estimate of drug-likeness (QED) is 0.686. The van der Waals surface area contributed by atoms with E-state index in [0.717, 1.165) is 4.31 Å². The Bertz CT molecular complexity index is 806. The molecule has 0 saturated carbocycles. The third-order valence-electron chi connectivity index (χ3n) is 3.80. The fourth-order valence-corrected chi connectivity index (χ4v) is 6.19. The first-order chi connectivity index (χ1) is 11.1. The number of sulfonamides is 1. The van der Waals surface area contributed by atoms with E-state index in [0.29, 0.717) is 0 Å². The minimum Gasteiger partial charge on any atom is -0.465 e. The average Bonchev–Trinajstić information content (AvgIpc) is 2.42. The van der Waals surface area contributed by atoms with Crippen LogP contribution in [0.2, 0.25) is 0 Å². The molecule has 1 saturated heterocycles. The van der Waals surface area contributed by atoms with Crippen molar-refractivity contribution in [2.24, 2.45) is 5.92 Å². The molecule has 0 unspecified atom stereocenters. The molecular weight excluding hydrogens is 354 g/mol. The molecule has 1 aromatic carbocycles. The molecule has 0 bridgehead atoms. The van der Waals surface area contributed by atoms with Gasteiger partial charge in [0.15, 0.2) is 9.84 Å². The maximum Gasteiger partial charge on any atom is 0.337 e.